The maximum absolute atomic E-state index is 13.0. The van der Waals surface area contributed by atoms with Gasteiger partial charge in [-0.1, -0.05) is 298 Å². The summed E-state index contributed by atoms with van der Waals surface area (Å²) in [6.07, 6.45) is 45.8. The van der Waals surface area contributed by atoms with Crippen LogP contribution in [0.5, 0.6) is 0 Å². The molecule has 0 aromatic rings. The normalized spacial score (nSPS) is 14.2. The van der Waals surface area contributed by atoms with E-state index in [0.29, 0.717) is 25.7 Å². The molecule has 0 saturated heterocycles. The van der Waals surface area contributed by atoms with E-state index in [1.54, 1.807) is 0 Å². The van der Waals surface area contributed by atoms with E-state index in [-0.39, 0.29) is 25.7 Å². The van der Waals surface area contributed by atoms with Gasteiger partial charge in [0.2, 0.25) is 0 Å². The Bertz CT molecular complexity index is 1720. The third-order valence-corrected chi connectivity index (χ3v) is 17.9. The molecule has 0 fully saturated rings. The lowest BCUT2D eigenvalue weighted by Gasteiger charge is -2.21. The second-order valence-electron chi connectivity index (χ2n) is 25.9. The molecule has 0 radical (unpaired) electrons. The van der Waals surface area contributed by atoms with Crippen LogP contribution in [-0.2, 0) is 65.4 Å². The van der Waals surface area contributed by atoms with Crippen LogP contribution in [0, 0.1) is 11.8 Å². The first kappa shape index (κ1) is 86.1. The average molecular weight is 1300 g/mol. The van der Waals surface area contributed by atoms with E-state index in [4.69, 9.17) is 37.0 Å². The minimum Gasteiger partial charge on any atom is -0.462 e. The first-order valence-electron chi connectivity index (χ1n) is 36.0. The molecule has 0 heterocycles. The lowest BCUT2D eigenvalue weighted by atomic mass is 10.0. The van der Waals surface area contributed by atoms with Crippen LogP contribution >= 0.6 is 15.6 Å². The number of aliphatic hydroxyl groups is 1. The molecule has 0 bridgehead atoms. The van der Waals surface area contributed by atoms with E-state index in [1.807, 2.05) is 0 Å². The van der Waals surface area contributed by atoms with Crippen LogP contribution < -0.4 is 0 Å². The van der Waals surface area contributed by atoms with E-state index in [1.165, 1.54) is 167 Å². The third kappa shape index (κ3) is 62.8. The Labute approximate surface area is 537 Å². The fourth-order valence-electron chi connectivity index (χ4n) is 10.4. The molecular formula is C69H134O17P2. The second-order valence-corrected chi connectivity index (χ2v) is 28.8. The number of rotatable bonds is 68. The van der Waals surface area contributed by atoms with Crippen LogP contribution in [0.1, 0.15) is 350 Å². The van der Waals surface area contributed by atoms with Crippen molar-refractivity contribution in [3.63, 3.8) is 0 Å². The number of unbranched alkanes of at least 4 members (excludes halogenated alkanes) is 38. The van der Waals surface area contributed by atoms with E-state index in [2.05, 4.69) is 41.5 Å². The fourth-order valence-corrected chi connectivity index (χ4v) is 12.0. The lowest BCUT2D eigenvalue weighted by Crippen LogP contribution is -2.30. The van der Waals surface area contributed by atoms with E-state index >= 15 is 0 Å². The van der Waals surface area contributed by atoms with Crippen molar-refractivity contribution in [2.24, 2.45) is 11.8 Å². The molecule has 88 heavy (non-hydrogen) atoms. The van der Waals surface area contributed by atoms with Crippen molar-refractivity contribution in [1.29, 1.82) is 0 Å². The molecule has 0 aliphatic carbocycles. The Morgan fingerprint density at radius 2 is 0.523 bits per heavy atom. The van der Waals surface area contributed by atoms with Crippen molar-refractivity contribution in [3.8, 4) is 0 Å². The van der Waals surface area contributed by atoms with Gasteiger partial charge < -0.3 is 33.8 Å². The lowest BCUT2D eigenvalue weighted by molar-refractivity contribution is -0.161. The highest BCUT2D eigenvalue weighted by Gasteiger charge is 2.30. The van der Waals surface area contributed by atoms with Crippen LogP contribution in [0.2, 0.25) is 0 Å². The standard InChI is InChI=1S/C69H134O17P2/c1-7-9-11-13-15-17-19-20-21-22-23-24-26-35-41-47-53-68(73)85-64(58-80-67(72)52-46-40-34-29-27-31-37-43-49-61(3)4)59-83-87(75,76)81-55-63(70)56-82-88(77,78)84-60-65(57-79-66(71)51-45-39-33-25-18-16-14-12-10-8-2)86-69(74)54-48-42-36-30-28-32-38-44-50-62(5)6/h61-65,70H,7-60H2,1-6H3,(H,75,76)(H,77,78)/t63-,64-,65-/m1/s1. The van der Waals surface area contributed by atoms with Gasteiger partial charge >= 0.3 is 39.5 Å². The van der Waals surface area contributed by atoms with Crippen LogP contribution in [0.4, 0.5) is 0 Å². The van der Waals surface area contributed by atoms with Crippen molar-refractivity contribution in [2.75, 3.05) is 39.6 Å². The SMILES string of the molecule is CCCCCCCCCCCCCCCCCCC(=O)O[C@H](COC(=O)CCCCCCCCCCC(C)C)COP(=O)(O)OC[C@@H](O)COP(=O)(O)OC[C@@H](COC(=O)CCCCCCCCCCCC)OC(=O)CCCCCCCCCCC(C)C. The first-order chi connectivity index (χ1) is 42.4. The van der Waals surface area contributed by atoms with Crippen molar-refractivity contribution < 1.29 is 80.2 Å². The van der Waals surface area contributed by atoms with Crippen LogP contribution in [-0.4, -0.2) is 96.7 Å². The molecule has 522 valence electrons. The van der Waals surface area contributed by atoms with Gasteiger partial charge in [-0.2, -0.15) is 0 Å². The highest BCUT2D eigenvalue weighted by molar-refractivity contribution is 7.47. The summed E-state index contributed by atoms with van der Waals surface area (Å²) in [5.74, 6) is -0.682. The van der Waals surface area contributed by atoms with Crippen molar-refractivity contribution in [1.82, 2.24) is 0 Å². The average Bonchev–Trinajstić information content (AvgIpc) is 3.66. The smallest absolute Gasteiger partial charge is 0.462 e. The van der Waals surface area contributed by atoms with E-state index in [0.717, 1.165) is 102 Å². The number of phosphoric ester groups is 2. The largest absolute Gasteiger partial charge is 0.472 e. The Morgan fingerprint density at radius 1 is 0.307 bits per heavy atom. The van der Waals surface area contributed by atoms with Gasteiger partial charge in [-0.05, 0) is 37.5 Å². The monoisotopic (exact) mass is 1300 g/mol. The van der Waals surface area contributed by atoms with Crippen molar-refractivity contribution >= 4 is 39.5 Å². The zero-order valence-electron chi connectivity index (χ0n) is 57.0. The number of esters is 4. The Morgan fingerprint density at radius 3 is 0.773 bits per heavy atom. The Hall–Kier alpha value is -1.94. The first-order valence-corrected chi connectivity index (χ1v) is 39.0. The van der Waals surface area contributed by atoms with E-state index in [9.17, 15) is 43.2 Å². The van der Waals surface area contributed by atoms with Gasteiger partial charge in [0.25, 0.3) is 0 Å². The molecule has 0 aromatic carbocycles. The molecule has 17 nitrogen and oxygen atoms in total. The molecule has 0 aliphatic rings. The molecule has 3 N–H and O–H groups in total. The minimum absolute atomic E-state index is 0.105. The maximum Gasteiger partial charge on any atom is 0.472 e. The summed E-state index contributed by atoms with van der Waals surface area (Å²) >= 11 is 0. The Kier molecular flexibility index (Phi) is 59.9. The van der Waals surface area contributed by atoms with Gasteiger partial charge in [-0.3, -0.25) is 37.3 Å². The Balaban J connectivity index is 5.23. The molecule has 0 spiro atoms. The molecule has 0 amide bonds. The van der Waals surface area contributed by atoms with Crippen molar-refractivity contribution in [2.45, 2.75) is 368 Å². The topological polar surface area (TPSA) is 237 Å². The molecular weight excluding hydrogens is 1160 g/mol. The van der Waals surface area contributed by atoms with Crippen LogP contribution in [0.3, 0.4) is 0 Å². The number of carbonyl (C=O) groups is 4. The van der Waals surface area contributed by atoms with Crippen molar-refractivity contribution in [3.05, 3.63) is 0 Å². The quantitative estimate of drug-likeness (QED) is 0.0222. The van der Waals surface area contributed by atoms with Gasteiger partial charge in [-0.15, -0.1) is 0 Å². The molecule has 0 saturated carbocycles. The molecule has 5 atom stereocenters. The predicted octanol–water partition coefficient (Wildman–Crippen LogP) is 19.6. The van der Waals surface area contributed by atoms with Gasteiger partial charge in [0.15, 0.2) is 12.2 Å². The van der Waals surface area contributed by atoms with Gasteiger partial charge in [0.05, 0.1) is 26.4 Å². The number of carbonyl (C=O) groups excluding carboxylic acids is 4. The highest BCUT2D eigenvalue weighted by Crippen LogP contribution is 2.45. The second kappa shape index (κ2) is 61.3. The van der Waals surface area contributed by atoms with Gasteiger partial charge in [0, 0.05) is 25.7 Å². The number of aliphatic hydroxyl groups excluding tert-OH is 1. The zero-order chi connectivity index (χ0) is 65.0. The molecule has 0 aliphatic heterocycles. The molecule has 0 rings (SSSR count). The third-order valence-electron chi connectivity index (χ3n) is 16.0. The fraction of sp³-hybridized carbons (Fsp3) is 0.942. The molecule has 0 aromatic heterocycles. The number of ether oxygens (including phenoxy) is 4. The summed E-state index contributed by atoms with van der Waals surface area (Å²) in [6.45, 7) is 9.46. The number of hydrogen-bond donors (Lipinski definition) is 3. The van der Waals surface area contributed by atoms with E-state index < -0.39 is 97.5 Å². The van der Waals surface area contributed by atoms with Gasteiger partial charge in [-0.25, -0.2) is 9.13 Å². The van der Waals surface area contributed by atoms with Crippen LogP contribution in [0.25, 0.3) is 0 Å². The summed E-state index contributed by atoms with van der Waals surface area (Å²) in [7, 11) is -9.90. The number of hydrogen-bond acceptors (Lipinski definition) is 15. The summed E-state index contributed by atoms with van der Waals surface area (Å²) in [5.41, 5.74) is 0. The zero-order valence-corrected chi connectivity index (χ0v) is 58.8. The molecule has 2 unspecified atom stereocenters. The summed E-state index contributed by atoms with van der Waals surface area (Å²) in [4.78, 5) is 72.4. The highest BCUT2D eigenvalue weighted by atomic mass is 31.2. The van der Waals surface area contributed by atoms with Gasteiger partial charge in [0.1, 0.15) is 19.3 Å². The summed E-state index contributed by atoms with van der Waals surface area (Å²) < 4.78 is 68.2. The summed E-state index contributed by atoms with van der Waals surface area (Å²) in [5, 5.41) is 10.6. The predicted molar refractivity (Wildman–Crippen MR) is 354 cm³/mol. The molecule has 19 heteroatoms. The summed E-state index contributed by atoms with van der Waals surface area (Å²) in [6, 6.07) is 0. The van der Waals surface area contributed by atoms with Crippen LogP contribution in [0.15, 0.2) is 0 Å². The minimum atomic E-state index is -4.95. The maximum atomic E-state index is 13.0. The number of phosphoric acid groups is 2.